The minimum atomic E-state index is -0.551. The van der Waals surface area contributed by atoms with Gasteiger partial charge in [-0.3, -0.25) is 0 Å². The van der Waals surface area contributed by atoms with E-state index in [0.29, 0.717) is 12.0 Å². The van der Waals surface area contributed by atoms with Gasteiger partial charge < -0.3 is 15.0 Å². The van der Waals surface area contributed by atoms with Crippen molar-refractivity contribution in [3.05, 3.63) is 29.6 Å². The van der Waals surface area contributed by atoms with Gasteiger partial charge in [0.05, 0.1) is 11.2 Å². The van der Waals surface area contributed by atoms with Crippen molar-refractivity contribution in [2.45, 2.75) is 58.3 Å². The van der Waals surface area contributed by atoms with Crippen molar-refractivity contribution in [1.29, 1.82) is 0 Å². The molecule has 3 nitrogen and oxygen atoms in total. The van der Waals surface area contributed by atoms with Gasteiger partial charge >= 0.3 is 7.12 Å². The average molecular weight is 279 g/mol. The van der Waals surface area contributed by atoms with Crippen molar-refractivity contribution in [3.8, 4) is 0 Å². The van der Waals surface area contributed by atoms with Gasteiger partial charge in [-0.15, -0.1) is 0 Å². The Morgan fingerprint density at radius 3 is 2.25 bits per heavy atom. The molecule has 0 saturated carbocycles. The summed E-state index contributed by atoms with van der Waals surface area (Å²) in [5.41, 5.74) is 6.27. The molecule has 2 N–H and O–H groups in total. The topological polar surface area (TPSA) is 44.5 Å². The molecule has 0 radical (unpaired) electrons. The fourth-order valence-corrected chi connectivity index (χ4v) is 2.30. The van der Waals surface area contributed by atoms with E-state index < -0.39 is 18.3 Å². The summed E-state index contributed by atoms with van der Waals surface area (Å²) in [6.45, 7) is 9.80. The van der Waals surface area contributed by atoms with E-state index >= 15 is 0 Å². The first-order chi connectivity index (χ1) is 9.14. The second-order valence-electron chi connectivity index (χ2n) is 6.58. The van der Waals surface area contributed by atoms with Gasteiger partial charge in [-0.05, 0) is 58.1 Å². The Balaban J connectivity index is 2.37. The largest absolute Gasteiger partial charge is 0.495 e. The van der Waals surface area contributed by atoms with Crippen LogP contribution in [-0.2, 0) is 15.7 Å². The van der Waals surface area contributed by atoms with Crippen molar-refractivity contribution < 1.29 is 13.7 Å². The van der Waals surface area contributed by atoms with E-state index in [1.807, 2.05) is 40.7 Å². The second-order valence-corrected chi connectivity index (χ2v) is 6.58. The first kappa shape index (κ1) is 15.5. The van der Waals surface area contributed by atoms with Crippen LogP contribution in [-0.4, -0.2) is 24.4 Å². The highest BCUT2D eigenvalue weighted by Crippen LogP contribution is 2.36. The summed E-state index contributed by atoms with van der Waals surface area (Å²) in [6, 6.07) is 4.86. The average Bonchev–Trinajstić information content (AvgIpc) is 2.50. The molecule has 1 fully saturated rings. The van der Waals surface area contributed by atoms with E-state index in [1.54, 1.807) is 6.07 Å². The van der Waals surface area contributed by atoms with E-state index in [1.165, 1.54) is 6.07 Å². The molecular formula is C15H23BFNO2. The van der Waals surface area contributed by atoms with E-state index in [0.717, 1.165) is 5.46 Å². The minimum Gasteiger partial charge on any atom is -0.399 e. The fourth-order valence-electron chi connectivity index (χ4n) is 2.30. The number of benzene rings is 1. The Morgan fingerprint density at radius 2 is 1.75 bits per heavy atom. The molecule has 0 spiro atoms. The molecule has 1 aromatic rings. The lowest BCUT2D eigenvalue weighted by Crippen LogP contribution is -2.41. The molecule has 1 heterocycles. The Morgan fingerprint density at radius 1 is 1.20 bits per heavy atom. The fraction of sp³-hybridized carbons (Fsp3) is 0.600. The van der Waals surface area contributed by atoms with Crippen LogP contribution in [0, 0.1) is 5.82 Å². The lowest BCUT2D eigenvalue weighted by Gasteiger charge is -2.32. The summed E-state index contributed by atoms with van der Waals surface area (Å²) in [5, 5.41) is 0. The van der Waals surface area contributed by atoms with Crippen molar-refractivity contribution in [2.24, 2.45) is 5.73 Å². The van der Waals surface area contributed by atoms with Crippen molar-refractivity contribution in [2.75, 3.05) is 0 Å². The molecule has 1 aliphatic heterocycles. The SMILES string of the molecule is CC(N)Cc1c(F)cccc1B1OC(C)(C)C(C)(C)O1. The van der Waals surface area contributed by atoms with Gasteiger partial charge in [0.25, 0.3) is 0 Å². The molecule has 1 unspecified atom stereocenters. The third-order valence-corrected chi connectivity index (χ3v) is 4.19. The monoisotopic (exact) mass is 279 g/mol. The predicted octanol–water partition coefficient (Wildman–Crippen LogP) is 2.01. The molecule has 0 amide bonds. The quantitative estimate of drug-likeness (QED) is 0.861. The summed E-state index contributed by atoms with van der Waals surface area (Å²) in [4.78, 5) is 0. The zero-order chi connectivity index (χ0) is 15.1. The number of hydrogen-bond acceptors (Lipinski definition) is 3. The number of hydrogen-bond donors (Lipinski definition) is 1. The lowest BCUT2D eigenvalue weighted by molar-refractivity contribution is 0.00578. The smallest absolute Gasteiger partial charge is 0.399 e. The third kappa shape index (κ3) is 2.75. The van der Waals surface area contributed by atoms with Crippen LogP contribution in [0.15, 0.2) is 18.2 Å². The van der Waals surface area contributed by atoms with Crippen molar-refractivity contribution in [3.63, 3.8) is 0 Å². The van der Waals surface area contributed by atoms with Gasteiger partial charge in [0, 0.05) is 6.04 Å². The maximum Gasteiger partial charge on any atom is 0.495 e. The molecule has 5 heteroatoms. The maximum atomic E-state index is 14.1. The van der Waals surface area contributed by atoms with Crippen LogP contribution < -0.4 is 11.2 Å². The molecule has 1 atom stereocenters. The molecule has 1 saturated heterocycles. The Kier molecular flexibility index (Phi) is 3.97. The van der Waals surface area contributed by atoms with Gasteiger partial charge in [0.2, 0.25) is 0 Å². The highest BCUT2D eigenvalue weighted by Gasteiger charge is 2.52. The highest BCUT2D eigenvalue weighted by molar-refractivity contribution is 6.62. The maximum absolute atomic E-state index is 14.1. The van der Waals surface area contributed by atoms with Crippen LogP contribution in [0.1, 0.15) is 40.2 Å². The summed E-state index contributed by atoms with van der Waals surface area (Å²) in [6.07, 6.45) is 0.464. The zero-order valence-corrected chi connectivity index (χ0v) is 12.9. The molecule has 0 bridgehead atoms. The Hall–Kier alpha value is -0.905. The van der Waals surface area contributed by atoms with Crippen LogP contribution in [0.5, 0.6) is 0 Å². The highest BCUT2D eigenvalue weighted by atomic mass is 19.1. The van der Waals surface area contributed by atoms with Crippen LogP contribution in [0.25, 0.3) is 0 Å². The van der Waals surface area contributed by atoms with Crippen LogP contribution >= 0.6 is 0 Å². The Labute approximate surface area is 120 Å². The predicted molar refractivity (Wildman–Crippen MR) is 79.5 cm³/mol. The molecule has 1 aromatic carbocycles. The van der Waals surface area contributed by atoms with Gasteiger partial charge in [-0.25, -0.2) is 4.39 Å². The van der Waals surface area contributed by atoms with Gasteiger partial charge in [0.1, 0.15) is 5.82 Å². The number of nitrogens with two attached hydrogens (primary N) is 1. The van der Waals surface area contributed by atoms with E-state index in [2.05, 4.69) is 0 Å². The summed E-state index contributed by atoms with van der Waals surface area (Å²) in [7, 11) is -0.551. The van der Waals surface area contributed by atoms with Crippen molar-refractivity contribution in [1.82, 2.24) is 0 Å². The molecule has 110 valence electrons. The lowest BCUT2D eigenvalue weighted by atomic mass is 9.74. The van der Waals surface area contributed by atoms with E-state index in [-0.39, 0.29) is 11.9 Å². The first-order valence-electron chi connectivity index (χ1n) is 7.02. The number of rotatable bonds is 3. The third-order valence-electron chi connectivity index (χ3n) is 4.19. The van der Waals surface area contributed by atoms with Gasteiger partial charge in [-0.1, -0.05) is 12.1 Å². The van der Waals surface area contributed by atoms with Gasteiger partial charge in [0.15, 0.2) is 0 Å². The molecule has 20 heavy (non-hydrogen) atoms. The van der Waals surface area contributed by atoms with E-state index in [9.17, 15) is 4.39 Å². The summed E-state index contributed by atoms with van der Waals surface area (Å²) in [5.74, 6) is -0.255. The zero-order valence-electron chi connectivity index (χ0n) is 12.9. The molecule has 0 aromatic heterocycles. The first-order valence-corrected chi connectivity index (χ1v) is 7.02. The number of halogens is 1. The minimum absolute atomic E-state index is 0.118. The summed E-state index contributed by atoms with van der Waals surface area (Å²) >= 11 is 0. The molecule has 1 aliphatic rings. The van der Waals surface area contributed by atoms with Crippen LogP contribution in [0.3, 0.4) is 0 Å². The van der Waals surface area contributed by atoms with Gasteiger partial charge in [-0.2, -0.15) is 0 Å². The van der Waals surface area contributed by atoms with E-state index in [4.69, 9.17) is 15.0 Å². The second kappa shape index (κ2) is 5.13. The van der Waals surface area contributed by atoms with Crippen LogP contribution in [0.2, 0.25) is 0 Å². The summed E-state index contributed by atoms with van der Waals surface area (Å²) < 4.78 is 26.1. The Bertz CT molecular complexity index is 487. The molecular weight excluding hydrogens is 256 g/mol. The molecule has 0 aliphatic carbocycles. The molecule has 2 rings (SSSR count). The normalized spacial score (nSPS) is 22.1. The standard InChI is InChI=1S/C15H23BFNO2/c1-10(18)9-11-12(7-6-8-13(11)17)16-19-14(2,3)15(4,5)20-16/h6-8,10H,9,18H2,1-5H3. The van der Waals surface area contributed by atoms with Crippen molar-refractivity contribution >= 4 is 12.6 Å². The van der Waals surface area contributed by atoms with Crippen LogP contribution in [0.4, 0.5) is 4.39 Å².